The lowest BCUT2D eigenvalue weighted by atomic mass is 10.1. The molecular weight excluding hydrogens is 332 g/mol. The molecule has 0 saturated carbocycles. The van der Waals surface area contributed by atoms with Gasteiger partial charge in [-0.1, -0.05) is 46.9 Å². The molecule has 0 saturated heterocycles. The zero-order valence-corrected chi connectivity index (χ0v) is 13.2. The van der Waals surface area contributed by atoms with Gasteiger partial charge in [-0.05, 0) is 30.5 Å². The van der Waals surface area contributed by atoms with E-state index in [1.165, 1.54) is 0 Å². The number of hydrogen-bond donors (Lipinski definition) is 1. The van der Waals surface area contributed by atoms with Gasteiger partial charge in [0.2, 0.25) is 0 Å². The molecule has 0 fully saturated rings. The summed E-state index contributed by atoms with van der Waals surface area (Å²) in [7, 11) is 0. The molecule has 0 aliphatic heterocycles. The highest BCUT2D eigenvalue weighted by molar-refractivity contribution is 9.10. The molecule has 1 aromatic rings. The fraction of sp³-hybridized carbons (Fsp3) is 0.500. The fourth-order valence-corrected chi connectivity index (χ4v) is 2.38. The number of aliphatic hydroxyl groups excluding tert-OH is 1. The number of hydrogen-bond acceptors (Lipinski definition) is 3. The molecule has 0 aromatic heterocycles. The predicted octanol–water partition coefficient (Wildman–Crippen LogP) is 4.26. The van der Waals surface area contributed by atoms with E-state index in [1.807, 2.05) is 13.0 Å². The van der Waals surface area contributed by atoms with E-state index < -0.39 is 6.10 Å². The van der Waals surface area contributed by atoms with E-state index in [9.17, 15) is 9.90 Å². The second kappa shape index (κ2) is 8.56. The van der Waals surface area contributed by atoms with E-state index >= 15 is 0 Å². The third kappa shape index (κ3) is 5.93. The van der Waals surface area contributed by atoms with Gasteiger partial charge in [0.15, 0.2) is 0 Å². The number of aliphatic hydroxyl groups is 1. The second-order valence-electron chi connectivity index (χ2n) is 4.29. The maximum atomic E-state index is 11.4. The monoisotopic (exact) mass is 348 g/mol. The number of esters is 1. The van der Waals surface area contributed by atoms with Crippen LogP contribution in [0.4, 0.5) is 0 Å². The van der Waals surface area contributed by atoms with E-state index in [-0.39, 0.29) is 12.4 Å². The van der Waals surface area contributed by atoms with Crippen molar-refractivity contribution in [2.24, 2.45) is 0 Å². The van der Waals surface area contributed by atoms with Crippen LogP contribution in [-0.4, -0.2) is 17.7 Å². The van der Waals surface area contributed by atoms with Crippen molar-refractivity contribution in [2.75, 3.05) is 6.61 Å². The molecule has 106 valence electrons. The van der Waals surface area contributed by atoms with Crippen molar-refractivity contribution in [1.29, 1.82) is 0 Å². The van der Waals surface area contributed by atoms with Gasteiger partial charge in [-0.3, -0.25) is 4.79 Å². The minimum Gasteiger partial charge on any atom is -0.466 e. The van der Waals surface area contributed by atoms with Crippen molar-refractivity contribution >= 4 is 33.5 Å². The molecule has 0 bridgehead atoms. The highest BCUT2D eigenvalue weighted by Crippen LogP contribution is 2.28. The summed E-state index contributed by atoms with van der Waals surface area (Å²) in [6, 6.07) is 5.28. The second-order valence-corrected chi connectivity index (χ2v) is 5.62. The first-order valence-electron chi connectivity index (χ1n) is 6.33. The van der Waals surface area contributed by atoms with Crippen molar-refractivity contribution in [1.82, 2.24) is 0 Å². The molecule has 1 unspecified atom stereocenters. The first-order valence-corrected chi connectivity index (χ1v) is 7.50. The van der Waals surface area contributed by atoms with E-state index in [4.69, 9.17) is 16.3 Å². The van der Waals surface area contributed by atoms with Gasteiger partial charge in [0.05, 0.1) is 12.7 Å². The van der Waals surface area contributed by atoms with Gasteiger partial charge in [0.1, 0.15) is 0 Å². The number of benzene rings is 1. The van der Waals surface area contributed by atoms with Gasteiger partial charge >= 0.3 is 5.97 Å². The summed E-state index contributed by atoms with van der Waals surface area (Å²) >= 11 is 9.34. The van der Waals surface area contributed by atoms with Gasteiger partial charge in [-0.2, -0.15) is 0 Å². The average Bonchev–Trinajstić information content (AvgIpc) is 2.36. The number of rotatable bonds is 7. The van der Waals surface area contributed by atoms with Crippen LogP contribution >= 0.6 is 27.5 Å². The lowest BCUT2D eigenvalue weighted by Crippen LogP contribution is -2.08. The Morgan fingerprint density at radius 1 is 1.53 bits per heavy atom. The van der Waals surface area contributed by atoms with Gasteiger partial charge in [-0.25, -0.2) is 0 Å². The van der Waals surface area contributed by atoms with Gasteiger partial charge in [0, 0.05) is 15.9 Å². The molecule has 1 aromatic carbocycles. The molecule has 3 nitrogen and oxygen atoms in total. The van der Waals surface area contributed by atoms with Crippen LogP contribution in [0.3, 0.4) is 0 Å². The molecule has 1 rings (SSSR count). The molecular formula is C14H18BrClO3. The molecule has 19 heavy (non-hydrogen) atoms. The zero-order chi connectivity index (χ0) is 14.3. The Hall–Kier alpha value is -0.580. The maximum absolute atomic E-state index is 11.4. The average molecular weight is 350 g/mol. The van der Waals surface area contributed by atoms with Crippen LogP contribution in [-0.2, 0) is 9.53 Å². The van der Waals surface area contributed by atoms with Gasteiger partial charge < -0.3 is 9.84 Å². The first-order chi connectivity index (χ1) is 9.04. The third-order valence-electron chi connectivity index (χ3n) is 2.70. The molecule has 0 spiro atoms. The Balaban J connectivity index is 2.42. The number of carbonyl (C=O) groups excluding carboxylic acids is 1. The smallest absolute Gasteiger partial charge is 0.305 e. The Morgan fingerprint density at radius 3 is 2.89 bits per heavy atom. The summed E-state index contributed by atoms with van der Waals surface area (Å²) in [6.07, 6.45) is 1.61. The number of halogens is 2. The molecule has 0 heterocycles. The van der Waals surface area contributed by atoms with E-state index in [1.54, 1.807) is 12.1 Å². The van der Waals surface area contributed by atoms with E-state index in [2.05, 4.69) is 15.9 Å². The topological polar surface area (TPSA) is 46.5 Å². The van der Waals surface area contributed by atoms with Crippen molar-refractivity contribution in [3.63, 3.8) is 0 Å². The van der Waals surface area contributed by atoms with Crippen LogP contribution in [0.25, 0.3) is 0 Å². The summed E-state index contributed by atoms with van der Waals surface area (Å²) in [5.74, 6) is -0.277. The minimum atomic E-state index is -0.751. The predicted molar refractivity (Wildman–Crippen MR) is 79.2 cm³/mol. The quantitative estimate of drug-likeness (QED) is 0.591. The minimum absolute atomic E-state index is 0.192. The van der Waals surface area contributed by atoms with Crippen molar-refractivity contribution in [2.45, 2.75) is 38.7 Å². The Labute approximate surface area is 127 Å². The fourth-order valence-electron chi connectivity index (χ4n) is 1.58. The van der Waals surface area contributed by atoms with Crippen LogP contribution in [0.1, 0.15) is 44.3 Å². The van der Waals surface area contributed by atoms with Crippen LogP contribution in [0.5, 0.6) is 0 Å². The molecule has 0 aliphatic carbocycles. The van der Waals surface area contributed by atoms with Crippen molar-refractivity contribution < 1.29 is 14.6 Å². The number of carbonyl (C=O) groups is 1. The maximum Gasteiger partial charge on any atom is 0.305 e. The molecule has 5 heteroatoms. The van der Waals surface area contributed by atoms with Crippen LogP contribution in [0.15, 0.2) is 22.7 Å². The summed E-state index contributed by atoms with van der Waals surface area (Å²) in [5.41, 5.74) is 0.631. The third-order valence-corrected chi connectivity index (χ3v) is 3.52. The summed E-state index contributed by atoms with van der Waals surface area (Å²) < 4.78 is 5.88. The van der Waals surface area contributed by atoms with Gasteiger partial charge in [0.25, 0.3) is 0 Å². The first kappa shape index (κ1) is 16.5. The lowest BCUT2D eigenvalue weighted by molar-refractivity contribution is -0.144. The SMILES string of the molecule is CCCCOC(=O)CCC(O)c1ccc(Br)cc1Cl. The molecule has 0 radical (unpaired) electrons. The van der Waals surface area contributed by atoms with Crippen molar-refractivity contribution in [3.8, 4) is 0 Å². The Morgan fingerprint density at radius 2 is 2.26 bits per heavy atom. The molecule has 0 aliphatic rings. The standard InChI is InChI=1S/C14H18BrClO3/c1-2-3-8-19-14(18)7-6-13(17)11-5-4-10(15)9-12(11)16/h4-5,9,13,17H,2-3,6-8H2,1H3. The number of ether oxygens (including phenoxy) is 1. The van der Waals surface area contributed by atoms with E-state index in [0.29, 0.717) is 23.6 Å². The lowest BCUT2D eigenvalue weighted by Gasteiger charge is -2.12. The number of unbranched alkanes of at least 4 members (excludes halogenated alkanes) is 1. The van der Waals surface area contributed by atoms with Gasteiger partial charge in [-0.15, -0.1) is 0 Å². The highest BCUT2D eigenvalue weighted by atomic mass is 79.9. The molecule has 0 amide bonds. The van der Waals surface area contributed by atoms with Crippen molar-refractivity contribution in [3.05, 3.63) is 33.3 Å². The highest BCUT2D eigenvalue weighted by Gasteiger charge is 2.14. The summed E-state index contributed by atoms with van der Waals surface area (Å²) in [4.78, 5) is 11.4. The van der Waals surface area contributed by atoms with E-state index in [0.717, 1.165) is 17.3 Å². The zero-order valence-electron chi connectivity index (χ0n) is 10.9. The molecule has 1 atom stereocenters. The molecule has 1 N–H and O–H groups in total. The van der Waals surface area contributed by atoms with Crippen LogP contribution in [0, 0.1) is 0 Å². The normalized spacial score (nSPS) is 12.2. The Kier molecular flexibility index (Phi) is 7.42. The van der Waals surface area contributed by atoms with Crippen LogP contribution in [0.2, 0.25) is 5.02 Å². The Bertz CT molecular complexity index is 423. The largest absolute Gasteiger partial charge is 0.466 e. The summed E-state index contributed by atoms with van der Waals surface area (Å²) in [5, 5.41) is 10.5. The van der Waals surface area contributed by atoms with Crippen LogP contribution < -0.4 is 0 Å². The summed E-state index contributed by atoms with van der Waals surface area (Å²) in [6.45, 7) is 2.48.